The van der Waals surface area contributed by atoms with Gasteiger partial charge < -0.3 is 15.0 Å². The molecular formula is C12H20N4O2. The van der Waals surface area contributed by atoms with Crippen molar-refractivity contribution in [1.29, 1.82) is 0 Å². The monoisotopic (exact) mass is 252 g/mol. The Hall–Kier alpha value is -1.56. The fourth-order valence-corrected chi connectivity index (χ4v) is 2.38. The summed E-state index contributed by atoms with van der Waals surface area (Å²) < 4.78 is 7.04. The second kappa shape index (κ2) is 4.97. The number of nitrogens with zero attached hydrogens (tertiary/aromatic N) is 3. The summed E-state index contributed by atoms with van der Waals surface area (Å²) in [6, 6.07) is -0.0840. The van der Waals surface area contributed by atoms with Gasteiger partial charge >= 0.3 is 0 Å². The number of rotatable bonds is 4. The minimum absolute atomic E-state index is 0.0840. The molecule has 1 aliphatic heterocycles. The maximum Gasteiger partial charge on any atom is 0.239 e. The Morgan fingerprint density at radius 1 is 1.50 bits per heavy atom. The van der Waals surface area contributed by atoms with Crippen LogP contribution in [0.25, 0.3) is 0 Å². The van der Waals surface area contributed by atoms with Crippen molar-refractivity contribution in [2.24, 2.45) is 7.05 Å². The summed E-state index contributed by atoms with van der Waals surface area (Å²) in [5.74, 6) is 0.911. The fraction of sp³-hybridized carbons (Fsp3) is 0.667. The molecule has 0 spiro atoms. The van der Waals surface area contributed by atoms with Crippen molar-refractivity contribution in [3.63, 3.8) is 0 Å². The summed E-state index contributed by atoms with van der Waals surface area (Å²) in [5.41, 5.74) is 1.95. The van der Waals surface area contributed by atoms with Crippen LogP contribution in [0, 0.1) is 6.92 Å². The number of carbonyl (C=O) groups excluding carboxylic acids is 1. The zero-order chi connectivity index (χ0) is 13.3. The van der Waals surface area contributed by atoms with E-state index in [9.17, 15) is 4.79 Å². The Morgan fingerprint density at radius 2 is 2.22 bits per heavy atom. The van der Waals surface area contributed by atoms with Gasteiger partial charge in [0.2, 0.25) is 11.8 Å². The second-order valence-corrected chi connectivity index (χ2v) is 4.68. The van der Waals surface area contributed by atoms with Gasteiger partial charge in [0.1, 0.15) is 0 Å². The molecule has 100 valence electrons. The topological polar surface area (TPSA) is 59.4 Å². The quantitative estimate of drug-likeness (QED) is 0.823. The molecule has 0 saturated carbocycles. The molecule has 1 saturated heterocycles. The predicted molar refractivity (Wildman–Crippen MR) is 67.4 cm³/mol. The molecule has 1 atom stereocenters. The molecule has 0 aliphatic carbocycles. The SMILES string of the molecule is COc1c(CNC2CCN(C)C2=O)c(C)nn1C. The van der Waals surface area contributed by atoms with E-state index < -0.39 is 0 Å². The summed E-state index contributed by atoms with van der Waals surface area (Å²) in [7, 11) is 5.32. The molecular weight excluding hydrogens is 232 g/mol. The zero-order valence-electron chi connectivity index (χ0n) is 11.4. The number of nitrogens with one attached hydrogen (secondary N) is 1. The van der Waals surface area contributed by atoms with Crippen LogP contribution in [0.15, 0.2) is 0 Å². The van der Waals surface area contributed by atoms with Crippen LogP contribution in [0.2, 0.25) is 0 Å². The van der Waals surface area contributed by atoms with Gasteiger partial charge in [-0.1, -0.05) is 0 Å². The molecule has 0 bridgehead atoms. The van der Waals surface area contributed by atoms with Crippen LogP contribution in [0.3, 0.4) is 0 Å². The Labute approximate surface area is 107 Å². The third kappa shape index (κ3) is 2.20. The molecule has 1 unspecified atom stereocenters. The first-order valence-corrected chi connectivity index (χ1v) is 6.09. The predicted octanol–water partition coefficient (Wildman–Crippen LogP) is 0.0574. The van der Waals surface area contributed by atoms with E-state index in [1.165, 1.54) is 0 Å². The van der Waals surface area contributed by atoms with Crippen molar-refractivity contribution in [2.45, 2.75) is 25.9 Å². The lowest BCUT2D eigenvalue weighted by Crippen LogP contribution is -2.36. The number of amides is 1. The van der Waals surface area contributed by atoms with E-state index >= 15 is 0 Å². The molecule has 1 amide bonds. The van der Waals surface area contributed by atoms with Gasteiger partial charge in [0.25, 0.3) is 0 Å². The lowest BCUT2D eigenvalue weighted by molar-refractivity contribution is -0.128. The van der Waals surface area contributed by atoms with Crippen molar-refractivity contribution in [3.8, 4) is 5.88 Å². The van der Waals surface area contributed by atoms with Crippen molar-refractivity contribution in [2.75, 3.05) is 20.7 Å². The average Bonchev–Trinajstić information content (AvgIpc) is 2.78. The van der Waals surface area contributed by atoms with E-state index in [-0.39, 0.29) is 11.9 Å². The second-order valence-electron chi connectivity index (χ2n) is 4.68. The van der Waals surface area contributed by atoms with Gasteiger partial charge in [-0.2, -0.15) is 5.10 Å². The fourth-order valence-electron chi connectivity index (χ4n) is 2.38. The maximum absolute atomic E-state index is 11.8. The zero-order valence-corrected chi connectivity index (χ0v) is 11.4. The highest BCUT2D eigenvalue weighted by Crippen LogP contribution is 2.21. The first-order chi connectivity index (χ1) is 8.54. The van der Waals surface area contributed by atoms with E-state index in [0.717, 1.165) is 30.1 Å². The highest BCUT2D eigenvalue weighted by Gasteiger charge is 2.29. The largest absolute Gasteiger partial charge is 0.481 e. The van der Waals surface area contributed by atoms with Gasteiger partial charge in [-0.05, 0) is 13.3 Å². The third-order valence-corrected chi connectivity index (χ3v) is 3.43. The molecule has 1 aromatic rings. The van der Waals surface area contributed by atoms with Gasteiger partial charge in [0.05, 0.1) is 24.4 Å². The van der Waals surface area contributed by atoms with Crippen molar-refractivity contribution < 1.29 is 9.53 Å². The van der Waals surface area contributed by atoms with Crippen molar-refractivity contribution in [1.82, 2.24) is 20.0 Å². The van der Waals surface area contributed by atoms with E-state index in [4.69, 9.17) is 4.74 Å². The van der Waals surface area contributed by atoms with E-state index in [2.05, 4.69) is 10.4 Å². The highest BCUT2D eigenvalue weighted by molar-refractivity contribution is 5.83. The molecule has 0 aromatic carbocycles. The number of ether oxygens (including phenoxy) is 1. The van der Waals surface area contributed by atoms with Crippen LogP contribution in [-0.2, 0) is 18.4 Å². The Bertz CT molecular complexity index is 455. The lowest BCUT2D eigenvalue weighted by atomic mass is 10.2. The molecule has 0 radical (unpaired) electrons. The summed E-state index contributed by atoms with van der Waals surface area (Å²) in [6.45, 7) is 3.37. The molecule has 2 rings (SSSR count). The van der Waals surface area contributed by atoms with Crippen LogP contribution in [-0.4, -0.2) is 47.3 Å². The van der Waals surface area contributed by atoms with Crippen LogP contribution in [0.4, 0.5) is 0 Å². The summed E-state index contributed by atoms with van der Waals surface area (Å²) in [5, 5.41) is 7.60. The molecule has 1 N–H and O–H groups in total. The molecule has 2 heterocycles. The molecule has 1 fully saturated rings. The smallest absolute Gasteiger partial charge is 0.239 e. The van der Waals surface area contributed by atoms with Gasteiger partial charge in [-0.25, -0.2) is 4.68 Å². The number of aryl methyl sites for hydroxylation is 2. The average molecular weight is 252 g/mol. The number of hydrogen-bond acceptors (Lipinski definition) is 4. The van der Waals surface area contributed by atoms with Crippen LogP contribution in [0.5, 0.6) is 5.88 Å². The minimum atomic E-state index is -0.0840. The first-order valence-electron chi connectivity index (χ1n) is 6.09. The van der Waals surface area contributed by atoms with Gasteiger partial charge in [0, 0.05) is 27.2 Å². The Morgan fingerprint density at radius 3 is 2.78 bits per heavy atom. The maximum atomic E-state index is 11.8. The third-order valence-electron chi connectivity index (χ3n) is 3.43. The summed E-state index contributed by atoms with van der Waals surface area (Å²) in [4.78, 5) is 13.5. The molecule has 1 aromatic heterocycles. The first kappa shape index (κ1) is 12.9. The van der Waals surface area contributed by atoms with E-state index in [1.807, 2.05) is 21.0 Å². The number of likely N-dealkylation sites (tertiary alicyclic amines) is 1. The summed E-state index contributed by atoms with van der Waals surface area (Å²) >= 11 is 0. The summed E-state index contributed by atoms with van der Waals surface area (Å²) in [6.07, 6.45) is 0.858. The van der Waals surface area contributed by atoms with Crippen LogP contribution >= 0.6 is 0 Å². The van der Waals surface area contributed by atoms with Gasteiger partial charge in [-0.3, -0.25) is 4.79 Å². The van der Waals surface area contributed by atoms with Crippen LogP contribution in [0.1, 0.15) is 17.7 Å². The number of methoxy groups -OCH3 is 1. The minimum Gasteiger partial charge on any atom is -0.481 e. The van der Waals surface area contributed by atoms with Crippen molar-refractivity contribution in [3.05, 3.63) is 11.3 Å². The number of aromatic nitrogens is 2. The highest BCUT2D eigenvalue weighted by atomic mass is 16.5. The molecule has 18 heavy (non-hydrogen) atoms. The number of likely N-dealkylation sites (N-methyl/N-ethyl adjacent to an activating group) is 1. The van der Waals surface area contributed by atoms with Gasteiger partial charge in [0.15, 0.2) is 0 Å². The number of carbonyl (C=O) groups is 1. The van der Waals surface area contributed by atoms with Crippen LogP contribution < -0.4 is 10.1 Å². The van der Waals surface area contributed by atoms with E-state index in [0.29, 0.717) is 6.54 Å². The molecule has 1 aliphatic rings. The van der Waals surface area contributed by atoms with Crippen molar-refractivity contribution >= 4 is 5.91 Å². The standard InChI is InChI=1S/C12H20N4O2/c1-8-9(12(18-4)16(3)14-8)7-13-10-5-6-15(2)11(10)17/h10,13H,5-7H2,1-4H3. The Kier molecular flexibility index (Phi) is 3.56. The lowest BCUT2D eigenvalue weighted by Gasteiger charge is -2.12. The van der Waals surface area contributed by atoms with Gasteiger partial charge in [-0.15, -0.1) is 0 Å². The molecule has 6 nitrogen and oxygen atoms in total. The molecule has 6 heteroatoms. The normalized spacial score (nSPS) is 19.7. The number of hydrogen-bond donors (Lipinski definition) is 1. The van der Waals surface area contributed by atoms with E-state index in [1.54, 1.807) is 16.7 Å². The Balaban J connectivity index is 2.04.